The lowest BCUT2D eigenvalue weighted by Crippen LogP contribution is -2.24. The van der Waals surface area contributed by atoms with Crippen molar-refractivity contribution in [1.29, 1.82) is 0 Å². The summed E-state index contributed by atoms with van der Waals surface area (Å²) in [7, 11) is 0. The number of anilines is 1. The number of carbonyl (C=O) groups is 3. The Bertz CT molecular complexity index is 1300. The van der Waals surface area contributed by atoms with Gasteiger partial charge < -0.3 is 31.0 Å². The molecule has 4 rings (SSSR count). The first-order chi connectivity index (χ1) is 16.2. The summed E-state index contributed by atoms with van der Waals surface area (Å²) in [5.74, 6) is -2.71. The number of amides is 1. The molecule has 0 radical (unpaired) electrons. The molecule has 1 aliphatic rings. The average Bonchev–Trinajstić information content (AvgIpc) is 3.17. The number of carboxylic acid groups (broad SMARTS) is 2. The second-order valence-electron chi connectivity index (χ2n) is 8.33. The first kappa shape index (κ1) is 23.6. The summed E-state index contributed by atoms with van der Waals surface area (Å²) in [6.07, 6.45) is 0.160. The van der Waals surface area contributed by atoms with Gasteiger partial charge in [-0.2, -0.15) is 0 Å². The van der Waals surface area contributed by atoms with Crippen LogP contribution in [0.5, 0.6) is 5.75 Å². The minimum absolute atomic E-state index is 0.0435. The van der Waals surface area contributed by atoms with Crippen LogP contribution < -0.4 is 15.8 Å². The van der Waals surface area contributed by atoms with E-state index >= 15 is 0 Å². The molecular formula is C24H24ClN3O6. The maximum absolute atomic E-state index is 13.0. The van der Waals surface area contributed by atoms with Crippen molar-refractivity contribution in [3.8, 4) is 5.75 Å². The van der Waals surface area contributed by atoms with Gasteiger partial charge in [0.2, 0.25) is 5.91 Å². The van der Waals surface area contributed by atoms with E-state index in [1.807, 2.05) is 6.07 Å². The number of ether oxygens (including phenoxy) is 1. The van der Waals surface area contributed by atoms with Gasteiger partial charge in [-0.15, -0.1) is 0 Å². The molecule has 0 saturated heterocycles. The maximum atomic E-state index is 13.0. The van der Waals surface area contributed by atoms with Crippen molar-refractivity contribution in [2.45, 2.75) is 44.8 Å². The van der Waals surface area contributed by atoms with Crippen LogP contribution in [-0.2, 0) is 22.6 Å². The van der Waals surface area contributed by atoms with E-state index in [-0.39, 0.29) is 36.2 Å². The van der Waals surface area contributed by atoms with Crippen molar-refractivity contribution in [2.24, 2.45) is 5.73 Å². The number of hydrogen-bond donors (Lipinski definition) is 5. The fourth-order valence-electron chi connectivity index (χ4n) is 4.42. The molecule has 1 aliphatic carbocycles. The molecular weight excluding hydrogens is 462 g/mol. The minimum Gasteiger partial charge on any atom is -0.479 e. The third-order valence-corrected chi connectivity index (χ3v) is 6.22. The van der Waals surface area contributed by atoms with Crippen LogP contribution >= 0.6 is 11.6 Å². The Morgan fingerprint density at radius 1 is 1.26 bits per heavy atom. The van der Waals surface area contributed by atoms with Gasteiger partial charge in [-0.1, -0.05) is 17.7 Å². The van der Waals surface area contributed by atoms with E-state index in [1.165, 1.54) is 6.92 Å². The highest BCUT2D eigenvalue weighted by Crippen LogP contribution is 2.42. The molecule has 0 spiro atoms. The van der Waals surface area contributed by atoms with Gasteiger partial charge >= 0.3 is 11.9 Å². The monoisotopic (exact) mass is 485 g/mol. The van der Waals surface area contributed by atoms with Crippen LogP contribution in [-0.4, -0.2) is 39.1 Å². The molecule has 1 heterocycles. The molecule has 2 atom stereocenters. The van der Waals surface area contributed by atoms with Gasteiger partial charge in [0.15, 0.2) is 6.10 Å². The largest absolute Gasteiger partial charge is 0.479 e. The van der Waals surface area contributed by atoms with Crippen LogP contribution in [0.25, 0.3) is 10.9 Å². The number of aromatic amines is 1. The molecule has 1 amide bonds. The number of aromatic carboxylic acids is 1. The Hall–Kier alpha value is -3.56. The summed E-state index contributed by atoms with van der Waals surface area (Å²) >= 11 is 6.18. The number of aryl methyl sites for hydroxylation is 1. The van der Waals surface area contributed by atoms with Crippen molar-refractivity contribution < 1.29 is 29.3 Å². The number of carbonyl (C=O) groups excluding carboxylic acids is 1. The molecule has 1 aromatic heterocycles. The van der Waals surface area contributed by atoms with Crippen LogP contribution in [0.15, 0.2) is 30.3 Å². The Morgan fingerprint density at radius 2 is 2.03 bits per heavy atom. The number of aromatic nitrogens is 1. The fraction of sp³-hybridized carbons (Fsp3) is 0.292. The standard InChI is InChI=1S/C24H24ClN3O6/c1-11(23(30)31)34-18-6-12(10-26)2-5-16(18)27-19(29)8-14-4-3-13-7-15(25)9-17-20(13)21(14)22(28-17)24(32)33/h2,5-7,9,11,14,28H,3-4,8,10,26H2,1H3,(H,27,29)(H,30,31)(H,32,33)/t11-,14+/m1/s1. The van der Waals surface area contributed by atoms with Crippen LogP contribution in [0.3, 0.4) is 0 Å². The first-order valence-electron chi connectivity index (χ1n) is 10.8. The molecule has 10 heteroatoms. The maximum Gasteiger partial charge on any atom is 0.352 e. The lowest BCUT2D eigenvalue weighted by molar-refractivity contribution is -0.144. The Balaban J connectivity index is 1.61. The van der Waals surface area contributed by atoms with E-state index in [9.17, 15) is 24.6 Å². The van der Waals surface area contributed by atoms with Gasteiger partial charge in [0, 0.05) is 28.9 Å². The molecule has 0 bridgehead atoms. The van der Waals surface area contributed by atoms with Gasteiger partial charge in [0.25, 0.3) is 0 Å². The smallest absolute Gasteiger partial charge is 0.352 e. The summed E-state index contributed by atoms with van der Waals surface area (Å²) in [6, 6.07) is 8.43. The van der Waals surface area contributed by atoms with E-state index in [1.54, 1.807) is 24.3 Å². The number of aliphatic carboxylic acids is 1. The summed E-state index contributed by atoms with van der Waals surface area (Å²) in [5, 5.41) is 23.0. The summed E-state index contributed by atoms with van der Waals surface area (Å²) in [5.41, 5.74) is 8.96. The predicted octanol–water partition coefficient (Wildman–Crippen LogP) is 3.89. The van der Waals surface area contributed by atoms with Gasteiger partial charge in [-0.3, -0.25) is 4.79 Å². The lowest BCUT2D eigenvalue weighted by atomic mass is 9.81. The molecule has 0 aliphatic heterocycles. The van der Waals surface area contributed by atoms with Crippen molar-refractivity contribution >= 4 is 46.0 Å². The van der Waals surface area contributed by atoms with Crippen molar-refractivity contribution in [1.82, 2.24) is 4.98 Å². The number of hydrogen-bond acceptors (Lipinski definition) is 5. The number of halogens is 1. The van der Waals surface area contributed by atoms with Gasteiger partial charge in [0.05, 0.1) is 5.69 Å². The number of rotatable bonds is 8. The van der Waals surface area contributed by atoms with Gasteiger partial charge in [-0.05, 0) is 66.6 Å². The highest BCUT2D eigenvalue weighted by molar-refractivity contribution is 6.31. The molecule has 178 valence electrons. The van der Waals surface area contributed by atoms with Gasteiger partial charge in [-0.25, -0.2) is 9.59 Å². The normalized spacial score (nSPS) is 15.7. The zero-order valence-electron chi connectivity index (χ0n) is 18.4. The molecule has 9 nitrogen and oxygen atoms in total. The third-order valence-electron chi connectivity index (χ3n) is 6.01. The second-order valence-corrected chi connectivity index (χ2v) is 8.76. The van der Waals surface area contributed by atoms with E-state index in [4.69, 9.17) is 22.1 Å². The topological polar surface area (TPSA) is 155 Å². The van der Waals surface area contributed by atoms with Crippen molar-refractivity contribution in [2.75, 3.05) is 5.32 Å². The summed E-state index contributed by atoms with van der Waals surface area (Å²) in [4.78, 5) is 39.1. The average molecular weight is 486 g/mol. The zero-order chi connectivity index (χ0) is 24.6. The molecule has 0 unspecified atom stereocenters. The van der Waals surface area contributed by atoms with Crippen LogP contribution in [0.4, 0.5) is 5.69 Å². The fourth-order valence-corrected chi connectivity index (χ4v) is 4.66. The third kappa shape index (κ3) is 4.57. The van der Waals surface area contributed by atoms with Crippen molar-refractivity contribution in [3.05, 3.63) is 57.7 Å². The van der Waals surface area contributed by atoms with Gasteiger partial charge in [0.1, 0.15) is 11.4 Å². The quantitative estimate of drug-likeness (QED) is 0.324. The Labute approximate surface area is 199 Å². The number of nitrogens with one attached hydrogen (secondary N) is 2. The summed E-state index contributed by atoms with van der Waals surface area (Å²) < 4.78 is 5.52. The van der Waals surface area contributed by atoms with Crippen LogP contribution in [0, 0.1) is 0 Å². The molecule has 6 N–H and O–H groups in total. The zero-order valence-corrected chi connectivity index (χ0v) is 19.1. The van der Waals surface area contributed by atoms with Crippen LogP contribution in [0.2, 0.25) is 5.02 Å². The highest BCUT2D eigenvalue weighted by atomic mass is 35.5. The Morgan fingerprint density at radius 3 is 2.71 bits per heavy atom. The van der Waals surface area contributed by atoms with E-state index in [0.717, 1.165) is 10.9 Å². The number of carboxylic acids is 2. The highest BCUT2D eigenvalue weighted by Gasteiger charge is 2.31. The predicted molar refractivity (Wildman–Crippen MR) is 127 cm³/mol. The number of benzene rings is 2. The molecule has 0 saturated carbocycles. The molecule has 3 aromatic rings. The van der Waals surface area contributed by atoms with E-state index in [2.05, 4.69) is 10.3 Å². The van der Waals surface area contributed by atoms with Crippen molar-refractivity contribution in [3.63, 3.8) is 0 Å². The number of H-pyrrole nitrogens is 1. The Kier molecular flexibility index (Phi) is 6.49. The molecule has 2 aromatic carbocycles. The number of nitrogens with two attached hydrogens (primary N) is 1. The summed E-state index contributed by atoms with van der Waals surface area (Å²) in [6.45, 7) is 1.61. The van der Waals surface area contributed by atoms with Crippen LogP contribution in [0.1, 0.15) is 52.9 Å². The van der Waals surface area contributed by atoms with E-state index in [0.29, 0.717) is 40.2 Å². The first-order valence-corrected chi connectivity index (χ1v) is 11.1. The minimum atomic E-state index is -1.14. The molecule has 0 fully saturated rings. The molecule has 34 heavy (non-hydrogen) atoms. The second kappa shape index (κ2) is 9.36. The van der Waals surface area contributed by atoms with E-state index < -0.39 is 18.0 Å². The lowest BCUT2D eigenvalue weighted by Gasteiger charge is -2.23. The SMILES string of the molecule is C[C@@H](Oc1cc(CN)ccc1NC(=O)C[C@@H]1CCc2cc(Cl)cc3[nH]c(C(=O)O)c1c23)C(=O)O.